The van der Waals surface area contributed by atoms with Crippen LogP contribution in [0.15, 0.2) is 42.5 Å². The molecule has 2 aromatic carbocycles. The van der Waals surface area contributed by atoms with Crippen molar-refractivity contribution in [3.63, 3.8) is 0 Å². The SMILES string of the molecule is Cc1ccc(NC(=O)N2CCC[C@H]2c2nnc(C(=O)Nc3cccc(Cl)c3)s2)cc1F. The van der Waals surface area contributed by atoms with Crippen LogP contribution in [0.5, 0.6) is 0 Å². The van der Waals surface area contributed by atoms with Crippen LogP contribution in [0.4, 0.5) is 20.6 Å². The van der Waals surface area contributed by atoms with E-state index in [1.54, 1.807) is 48.2 Å². The molecule has 0 spiro atoms. The van der Waals surface area contributed by atoms with Gasteiger partial charge >= 0.3 is 6.03 Å². The fraction of sp³-hybridized carbons (Fsp3) is 0.238. The molecule has 3 aromatic rings. The standard InChI is InChI=1S/C21H19ClFN5O2S/c1-12-7-8-15(11-16(12)23)25-21(30)28-9-3-6-17(28)19-26-27-20(31-19)18(29)24-14-5-2-4-13(22)10-14/h2,4-5,7-8,10-11,17H,3,6,9H2,1H3,(H,24,29)(H,25,30)/t17-/m0/s1. The molecule has 0 unspecified atom stereocenters. The van der Waals surface area contributed by atoms with Gasteiger partial charge in [-0.15, -0.1) is 10.2 Å². The quantitative estimate of drug-likeness (QED) is 0.557. The summed E-state index contributed by atoms with van der Waals surface area (Å²) in [4.78, 5) is 26.9. The zero-order valence-electron chi connectivity index (χ0n) is 16.6. The Labute approximate surface area is 187 Å². The first-order chi connectivity index (χ1) is 14.9. The Hall–Kier alpha value is -3.04. The van der Waals surface area contributed by atoms with Crippen LogP contribution < -0.4 is 10.6 Å². The first-order valence-corrected chi connectivity index (χ1v) is 10.8. The Morgan fingerprint density at radius 1 is 1.16 bits per heavy atom. The van der Waals surface area contributed by atoms with Crippen molar-refractivity contribution in [1.29, 1.82) is 0 Å². The molecule has 3 amide bonds. The van der Waals surface area contributed by atoms with E-state index in [9.17, 15) is 14.0 Å². The lowest BCUT2D eigenvalue weighted by Crippen LogP contribution is -2.34. The average Bonchev–Trinajstić information content (AvgIpc) is 3.40. The van der Waals surface area contributed by atoms with E-state index in [0.29, 0.717) is 39.9 Å². The molecule has 0 saturated carbocycles. The lowest BCUT2D eigenvalue weighted by Gasteiger charge is -2.23. The molecule has 0 radical (unpaired) electrons. The molecule has 0 aliphatic carbocycles. The van der Waals surface area contributed by atoms with Gasteiger partial charge in [0.25, 0.3) is 5.91 Å². The Morgan fingerprint density at radius 2 is 1.97 bits per heavy atom. The zero-order chi connectivity index (χ0) is 22.0. The Morgan fingerprint density at radius 3 is 2.74 bits per heavy atom. The van der Waals surface area contributed by atoms with Crippen LogP contribution in [-0.4, -0.2) is 33.6 Å². The third kappa shape index (κ3) is 4.83. The molecule has 1 aliphatic heterocycles. The number of benzene rings is 2. The van der Waals surface area contributed by atoms with Crippen molar-refractivity contribution in [2.24, 2.45) is 0 Å². The summed E-state index contributed by atoms with van der Waals surface area (Å²) in [5.74, 6) is -0.773. The summed E-state index contributed by atoms with van der Waals surface area (Å²) in [6.45, 7) is 2.20. The van der Waals surface area contributed by atoms with Crippen molar-refractivity contribution in [2.75, 3.05) is 17.2 Å². The number of likely N-dealkylation sites (tertiary alicyclic amines) is 1. The number of nitrogens with one attached hydrogen (secondary N) is 2. The molecule has 1 aromatic heterocycles. The highest BCUT2D eigenvalue weighted by Gasteiger charge is 2.33. The van der Waals surface area contributed by atoms with E-state index in [2.05, 4.69) is 20.8 Å². The molecule has 1 atom stereocenters. The predicted molar refractivity (Wildman–Crippen MR) is 118 cm³/mol. The lowest BCUT2D eigenvalue weighted by molar-refractivity contribution is 0.102. The van der Waals surface area contributed by atoms with Crippen molar-refractivity contribution in [2.45, 2.75) is 25.8 Å². The minimum Gasteiger partial charge on any atom is -0.320 e. The topological polar surface area (TPSA) is 87.2 Å². The van der Waals surface area contributed by atoms with Crippen molar-refractivity contribution in [3.05, 3.63) is 68.9 Å². The van der Waals surface area contributed by atoms with Crippen LogP contribution in [0, 0.1) is 12.7 Å². The van der Waals surface area contributed by atoms with Crippen molar-refractivity contribution >= 4 is 46.3 Å². The number of amides is 3. The Balaban J connectivity index is 1.45. The number of nitrogens with zero attached hydrogens (tertiary/aromatic N) is 3. The summed E-state index contributed by atoms with van der Waals surface area (Å²) < 4.78 is 13.8. The summed E-state index contributed by atoms with van der Waals surface area (Å²) in [6.07, 6.45) is 1.50. The number of aromatic nitrogens is 2. The largest absolute Gasteiger partial charge is 0.322 e. The van der Waals surface area contributed by atoms with Crippen molar-refractivity contribution < 1.29 is 14.0 Å². The summed E-state index contributed by atoms with van der Waals surface area (Å²) >= 11 is 7.09. The molecule has 2 N–H and O–H groups in total. The minimum atomic E-state index is -0.393. The fourth-order valence-electron chi connectivity index (χ4n) is 3.34. The molecule has 1 saturated heterocycles. The molecule has 7 nitrogen and oxygen atoms in total. The van der Waals surface area contributed by atoms with Crippen LogP contribution >= 0.6 is 22.9 Å². The van der Waals surface area contributed by atoms with Gasteiger partial charge in [0.05, 0.1) is 6.04 Å². The van der Waals surface area contributed by atoms with Crippen LogP contribution in [0.3, 0.4) is 0 Å². The normalized spacial score (nSPS) is 15.7. The van der Waals surface area contributed by atoms with Crippen molar-refractivity contribution in [3.8, 4) is 0 Å². The smallest absolute Gasteiger partial charge is 0.320 e. The molecule has 160 valence electrons. The second-order valence-electron chi connectivity index (χ2n) is 7.16. The first kappa shape index (κ1) is 21.2. The second-order valence-corrected chi connectivity index (χ2v) is 8.60. The molecule has 4 rings (SSSR count). The highest BCUT2D eigenvalue weighted by Crippen LogP contribution is 2.34. The number of carbonyl (C=O) groups is 2. The molecule has 31 heavy (non-hydrogen) atoms. The van der Waals surface area contributed by atoms with E-state index in [-0.39, 0.29) is 22.9 Å². The third-order valence-corrected chi connectivity index (χ3v) is 6.20. The summed E-state index contributed by atoms with van der Waals surface area (Å²) in [6, 6.07) is 10.7. The van der Waals surface area contributed by atoms with Gasteiger partial charge in [-0.2, -0.15) is 0 Å². The molecule has 2 heterocycles. The van der Waals surface area contributed by atoms with Gasteiger partial charge in [0.2, 0.25) is 5.01 Å². The van der Waals surface area contributed by atoms with Gasteiger partial charge in [0.1, 0.15) is 10.8 Å². The van der Waals surface area contributed by atoms with E-state index in [1.165, 1.54) is 6.07 Å². The number of rotatable bonds is 4. The number of carbonyl (C=O) groups excluding carboxylic acids is 2. The molecular weight excluding hydrogens is 441 g/mol. The Kier molecular flexibility index (Phi) is 6.15. The van der Waals surface area contributed by atoms with E-state index in [0.717, 1.165) is 17.8 Å². The predicted octanol–water partition coefficient (Wildman–Crippen LogP) is 5.26. The summed E-state index contributed by atoms with van der Waals surface area (Å²) in [5.41, 5.74) is 1.45. The van der Waals surface area contributed by atoms with Gasteiger partial charge in [-0.05, 0) is 55.7 Å². The fourth-order valence-corrected chi connectivity index (χ4v) is 4.42. The van der Waals surface area contributed by atoms with E-state index in [4.69, 9.17) is 11.6 Å². The number of hydrogen-bond acceptors (Lipinski definition) is 5. The molecule has 10 heteroatoms. The number of halogens is 2. The van der Waals surface area contributed by atoms with Crippen molar-refractivity contribution in [1.82, 2.24) is 15.1 Å². The lowest BCUT2D eigenvalue weighted by atomic mass is 10.2. The molecular formula is C21H19ClFN5O2S. The van der Waals surface area contributed by atoms with E-state index >= 15 is 0 Å². The van der Waals surface area contributed by atoms with Gasteiger partial charge in [0, 0.05) is 22.9 Å². The average molecular weight is 460 g/mol. The van der Waals surface area contributed by atoms with Gasteiger partial charge < -0.3 is 15.5 Å². The van der Waals surface area contributed by atoms with Crippen LogP contribution in [0.2, 0.25) is 5.02 Å². The highest BCUT2D eigenvalue weighted by molar-refractivity contribution is 7.13. The molecule has 1 fully saturated rings. The van der Waals surface area contributed by atoms with E-state index < -0.39 is 5.91 Å². The maximum absolute atomic E-state index is 13.8. The third-order valence-electron chi connectivity index (χ3n) is 4.94. The van der Waals surface area contributed by atoms with Crippen LogP contribution in [-0.2, 0) is 0 Å². The maximum atomic E-state index is 13.8. The van der Waals surface area contributed by atoms with Gasteiger partial charge in [-0.25, -0.2) is 9.18 Å². The van der Waals surface area contributed by atoms with Crippen LogP contribution in [0.1, 0.15) is 39.3 Å². The Bertz CT molecular complexity index is 1140. The van der Waals surface area contributed by atoms with Crippen LogP contribution in [0.25, 0.3) is 0 Å². The monoisotopic (exact) mass is 459 g/mol. The second kappa shape index (κ2) is 8.99. The first-order valence-electron chi connectivity index (χ1n) is 9.65. The highest BCUT2D eigenvalue weighted by atomic mass is 35.5. The number of anilines is 2. The maximum Gasteiger partial charge on any atom is 0.322 e. The number of urea groups is 1. The molecule has 0 bridgehead atoms. The summed E-state index contributed by atoms with van der Waals surface area (Å²) in [5, 5.41) is 14.9. The van der Waals surface area contributed by atoms with Gasteiger partial charge in [-0.1, -0.05) is 35.1 Å². The minimum absolute atomic E-state index is 0.197. The van der Waals surface area contributed by atoms with Gasteiger partial charge in [-0.3, -0.25) is 4.79 Å². The zero-order valence-corrected chi connectivity index (χ0v) is 18.1. The number of hydrogen-bond donors (Lipinski definition) is 2. The van der Waals surface area contributed by atoms with Gasteiger partial charge in [0.15, 0.2) is 0 Å². The summed E-state index contributed by atoms with van der Waals surface area (Å²) in [7, 11) is 0. The molecule has 1 aliphatic rings. The van der Waals surface area contributed by atoms with E-state index in [1.807, 2.05) is 0 Å². The number of aryl methyl sites for hydroxylation is 1.